The van der Waals surface area contributed by atoms with Crippen molar-refractivity contribution >= 4 is 29.8 Å². The fraction of sp³-hybridized carbons (Fsp3) is 0.357. The van der Waals surface area contributed by atoms with Gasteiger partial charge in [0, 0.05) is 11.4 Å². The molecular formula is C14H19N3O2S. The van der Waals surface area contributed by atoms with Gasteiger partial charge in [0.1, 0.15) is 0 Å². The molecular weight excluding hydrogens is 274 g/mol. The lowest BCUT2D eigenvalue weighted by molar-refractivity contribution is -0.139. The Bertz CT molecular complexity index is 484. The topological polar surface area (TPSA) is 70.6 Å². The molecule has 0 aromatic heterocycles. The number of nitrogens with one attached hydrogen (secondary N) is 2. The van der Waals surface area contributed by atoms with Crippen molar-refractivity contribution < 1.29 is 9.59 Å². The second-order valence-electron chi connectivity index (χ2n) is 4.58. The molecule has 6 heteroatoms. The lowest BCUT2D eigenvalue weighted by Crippen LogP contribution is -2.39. The maximum atomic E-state index is 11.4. The minimum Gasteiger partial charge on any atom is -0.348 e. The molecule has 1 aromatic rings. The smallest absolute Gasteiger partial charge is 0.329 e. The fourth-order valence-corrected chi connectivity index (χ4v) is 1.69. The van der Waals surface area contributed by atoms with Crippen molar-refractivity contribution in [2.45, 2.75) is 18.7 Å². The molecule has 0 unspecified atom stereocenters. The molecule has 2 amide bonds. The molecule has 0 saturated carbocycles. The highest BCUT2D eigenvalue weighted by Gasteiger charge is 2.11. The summed E-state index contributed by atoms with van der Waals surface area (Å²) in [4.78, 5) is 23.9. The van der Waals surface area contributed by atoms with Crippen LogP contribution >= 0.6 is 11.8 Å². The van der Waals surface area contributed by atoms with Crippen LogP contribution in [0, 0.1) is 5.92 Å². The third-order valence-electron chi connectivity index (χ3n) is 2.37. The predicted octanol–water partition coefficient (Wildman–Crippen LogP) is 1.63. The average molecular weight is 293 g/mol. The zero-order chi connectivity index (χ0) is 15.0. The number of carbonyl (C=O) groups is 2. The van der Waals surface area contributed by atoms with E-state index >= 15 is 0 Å². The van der Waals surface area contributed by atoms with Gasteiger partial charge in [-0.3, -0.25) is 9.59 Å². The van der Waals surface area contributed by atoms with E-state index in [1.165, 1.54) is 6.21 Å². The van der Waals surface area contributed by atoms with Crippen molar-refractivity contribution in [3.05, 3.63) is 29.8 Å². The van der Waals surface area contributed by atoms with Crippen LogP contribution in [-0.4, -0.2) is 30.8 Å². The third-order valence-corrected chi connectivity index (χ3v) is 3.12. The van der Waals surface area contributed by atoms with E-state index in [0.29, 0.717) is 12.5 Å². The van der Waals surface area contributed by atoms with E-state index in [2.05, 4.69) is 15.8 Å². The van der Waals surface area contributed by atoms with Crippen LogP contribution in [0.3, 0.4) is 0 Å². The van der Waals surface area contributed by atoms with Gasteiger partial charge in [-0.05, 0) is 29.9 Å². The van der Waals surface area contributed by atoms with Crippen LogP contribution in [0.1, 0.15) is 19.4 Å². The molecule has 0 spiro atoms. The summed E-state index contributed by atoms with van der Waals surface area (Å²) in [7, 11) is 0. The van der Waals surface area contributed by atoms with Gasteiger partial charge in [-0.25, -0.2) is 5.43 Å². The van der Waals surface area contributed by atoms with Crippen LogP contribution in [0.15, 0.2) is 34.3 Å². The highest BCUT2D eigenvalue weighted by atomic mass is 32.2. The van der Waals surface area contributed by atoms with Crippen molar-refractivity contribution in [2.75, 3.05) is 12.8 Å². The lowest BCUT2D eigenvalue weighted by Gasteiger charge is -2.05. The van der Waals surface area contributed by atoms with Crippen molar-refractivity contribution in [1.82, 2.24) is 10.7 Å². The first-order valence-electron chi connectivity index (χ1n) is 6.28. The van der Waals surface area contributed by atoms with Crippen LogP contribution in [0.4, 0.5) is 0 Å². The van der Waals surface area contributed by atoms with Crippen LogP contribution in [0.5, 0.6) is 0 Å². The summed E-state index contributed by atoms with van der Waals surface area (Å²) in [6.45, 7) is 4.37. The lowest BCUT2D eigenvalue weighted by atomic mass is 10.2. The SMILES string of the molecule is CSc1ccc(/C=N\NC(=O)C(=O)NCC(C)C)cc1. The summed E-state index contributed by atoms with van der Waals surface area (Å²) in [5.74, 6) is -1.14. The number of carbonyl (C=O) groups excluding carboxylic acids is 2. The number of rotatable bonds is 5. The van der Waals surface area contributed by atoms with Gasteiger partial charge in [0.05, 0.1) is 6.21 Å². The summed E-state index contributed by atoms with van der Waals surface area (Å²) in [6, 6.07) is 7.70. The number of hydrazone groups is 1. The van der Waals surface area contributed by atoms with Gasteiger partial charge in [0.25, 0.3) is 0 Å². The Morgan fingerprint density at radius 3 is 2.45 bits per heavy atom. The number of benzene rings is 1. The van der Waals surface area contributed by atoms with Gasteiger partial charge in [-0.15, -0.1) is 11.8 Å². The van der Waals surface area contributed by atoms with Gasteiger partial charge < -0.3 is 5.32 Å². The number of thioether (sulfide) groups is 1. The van der Waals surface area contributed by atoms with Crippen molar-refractivity contribution in [2.24, 2.45) is 11.0 Å². The average Bonchev–Trinajstić information content (AvgIpc) is 2.45. The van der Waals surface area contributed by atoms with Crippen LogP contribution in [0.25, 0.3) is 0 Å². The Hall–Kier alpha value is -1.82. The normalized spacial score (nSPS) is 10.8. The second kappa shape index (κ2) is 8.37. The van der Waals surface area contributed by atoms with E-state index in [0.717, 1.165) is 10.5 Å². The van der Waals surface area contributed by atoms with Crippen LogP contribution < -0.4 is 10.7 Å². The molecule has 0 atom stereocenters. The molecule has 0 heterocycles. The minimum absolute atomic E-state index is 0.296. The first-order chi connectivity index (χ1) is 9.52. The third kappa shape index (κ3) is 5.88. The molecule has 1 aromatic carbocycles. The highest BCUT2D eigenvalue weighted by molar-refractivity contribution is 7.98. The molecule has 108 valence electrons. The van der Waals surface area contributed by atoms with E-state index < -0.39 is 11.8 Å². The second-order valence-corrected chi connectivity index (χ2v) is 5.46. The first-order valence-corrected chi connectivity index (χ1v) is 7.50. The zero-order valence-electron chi connectivity index (χ0n) is 11.8. The van der Waals surface area contributed by atoms with Crippen molar-refractivity contribution in [3.63, 3.8) is 0 Å². The molecule has 0 aliphatic carbocycles. The minimum atomic E-state index is -0.761. The number of amides is 2. The zero-order valence-corrected chi connectivity index (χ0v) is 12.7. The summed E-state index contributed by atoms with van der Waals surface area (Å²) in [6.07, 6.45) is 3.50. The first kappa shape index (κ1) is 16.2. The Balaban J connectivity index is 2.42. The molecule has 0 fully saturated rings. The summed E-state index contributed by atoms with van der Waals surface area (Å²) < 4.78 is 0. The number of hydrogen-bond acceptors (Lipinski definition) is 4. The van der Waals surface area contributed by atoms with E-state index in [4.69, 9.17) is 0 Å². The van der Waals surface area contributed by atoms with Crippen LogP contribution in [0.2, 0.25) is 0 Å². The van der Waals surface area contributed by atoms with E-state index in [-0.39, 0.29) is 0 Å². The molecule has 0 saturated heterocycles. The summed E-state index contributed by atoms with van der Waals surface area (Å²) >= 11 is 1.65. The predicted molar refractivity (Wildman–Crippen MR) is 81.8 cm³/mol. The molecule has 0 aliphatic heterocycles. The number of nitrogens with zero attached hydrogens (tertiary/aromatic N) is 1. The Kier molecular flexibility index (Phi) is 6.79. The number of hydrogen-bond donors (Lipinski definition) is 2. The molecule has 0 radical (unpaired) electrons. The summed E-state index contributed by atoms with van der Waals surface area (Å²) in [5.41, 5.74) is 3.05. The molecule has 0 bridgehead atoms. The highest BCUT2D eigenvalue weighted by Crippen LogP contribution is 2.13. The van der Waals surface area contributed by atoms with Gasteiger partial charge in [0.2, 0.25) is 0 Å². The van der Waals surface area contributed by atoms with Gasteiger partial charge in [0.15, 0.2) is 0 Å². The maximum absolute atomic E-state index is 11.4. The Labute approximate surface area is 123 Å². The largest absolute Gasteiger partial charge is 0.348 e. The quantitative estimate of drug-likeness (QED) is 0.375. The molecule has 0 aliphatic rings. The molecule has 2 N–H and O–H groups in total. The van der Waals surface area contributed by atoms with E-state index in [9.17, 15) is 9.59 Å². The standard InChI is InChI=1S/C14H19N3O2S/c1-10(2)8-15-13(18)14(19)17-16-9-11-4-6-12(20-3)7-5-11/h4-7,9-10H,8H2,1-3H3,(H,15,18)(H,17,19)/b16-9-. The summed E-state index contributed by atoms with van der Waals surface area (Å²) in [5, 5.41) is 6.27. The Morgan fingerprint density at radius 2 is 1.90 bits per heavy atom. The molecule has 1 rings (SSSR count). The van der Waals surface area contributed by atoms with Gasteiger partial charge in [-0.1, -0.05) is 26.0 Å². The van der Waals surface area contributed by atoms with Gasteiger partial charge >= 0.3 is 11.8 Å². The van der Waals surface area contributed by atoms with Crippen molar-refractivity contribution in [1.29, 1.82) is 0 Å². The van der Waals surface area contributed by atoms with E-state index in [1.807, 2.05) is 44.4 Å². The Morgan fingerprint density at radius 1 is 1.25 bits per heavy atom. The molecule has 5 nitrogen and oxygen atoms in total. The maximum Gasteiger partial charge on any atom is 0.329 e. The van der Waals surface area contributed by atoms with Gasteiger partial charge in [-0.2, -0.15) is 5.10 Å². The fourth-order valence-electron chi connectivity index (χ4n) is 1.28. The van der Waals surface area contributed by atoms with E-state index in [1.54, 1.807) is 11.8 Å². The monoisotopic (exact) mass is 293 g/mol. The van der Waals surface area contributed by atoms with Crippen LogP contribution in [-0.2, 0) is 9.59 Å². The molecule has 20 heavy (non-hydrogen) atoms. The van der Waals surface area contributed by atoms with Crippen molar-refractivity contribution in [3.8, 4) is 0 Å².